The van der Waals surface area contributed by atoms with Crippen molar-refractivity contribution in [3.63, 3.8) is 0 Å². The van der Waals surface area contributed by atoms with Crippen LogP contribution >= 0.6 is 0 Å². The molecule has 0 aromatic heterocycles. The number of amides is 1. The van der Waals surface area contributed by atoms with Crippen LogP contribution < -0.4 is 10.1 Å². The van der Waals surface area contributed by atoms with Crippen molar-refractivity contribution in [1.82, 2.24) is 5.32 Å². The van der Waals surface area contributed by atoms with E-state index in [2.05, 4.69) is 17.4 Å². The van der Waals surface area contributed by atoms with E-state index in [0.717, 1.165) is 25.0 Å². The van der Waals surface area contributed by atoms with Crippen LogP contribution in [0.5, 0.6) is 5.75 Å². The summed E-state index contributed by atoms with van der Waals surface area (Å²) in [6.45, 7) is 4.51. The van der Waals surface area contributed by atoms with E-state index in [9.17, 15) is 9.90 Å². The second-order valence-electron chi connectivity index (χ2n) is 6.81. The van der Waals surface area contributed by atoms with Crippen LogP contribution in [-0.4, -0.2) is 30.8 Å². The lowest BCUT2D eigenvalue weighted by atomic mass is 9.81. The standard InChI is InChI=1S/C19H29NO3/c1-13(2)18(21)9-10-20-19(22)12-15-6-4-5-14-11-16(23-3)7-8-17(14)15/h7-8,11,13,15,18,21H,4-6,9-10,12H2,1-3H3,(H,20,22). The van der Waals surface area contributed by atoms with E-state index in [1.165, 1.54) is 11.1 Å². The molecule has 23 heavy (non-hydrogen) atoms. The highest BCUT2D eigenvalue weighted by atomic mass is 16.5. The Morgan fingerprint density at radius 2 is 2.22 bits per heavy atom. The van der Waals surface area contributed by atoms with Gasteiger partial charge in [0, 0.05) is 13.0 Å². The van der Waals surface area contributed by atoms with Gasteiger partial charge in [-0.15, -0.1) is 0 Å². The number of carbonyl (C=O) groups excluding carboxylic acids is 1. The van der Waals surface area contributed by atoms with Gasteiger partial charge in [0.2, 0.25) is 5.91 Å². The third-order valence-electron chi connectivity index (χ3n) is 4.75. The number of aryl methyl sites for hydroxylation is 1. The summed E-state index contributed by atoms with van der Waals surface area (Å²) in [6.07, 6.45) is 4.02. The molecule has 0 spiro atoms. The van der Waals surface area contributed by atoms with E-state index in [1.807, 2.05) is 19.9 Å². The van der Waals surface area contributed by atoms with E-state index in [1.54, 1.807) is 7.11 Å². The summed E-state index contributed by atoms with van der Waals surface area (Å²) in [4.78, 5) is 12.2. The zero-order valence-electron chi connectivity index (χ0n) is 14.5. The smallest absolute Gasteiger partial charge is 0.220 e. The predicted molar refractivity (Wildman–Crippen MR) is 91.8 cm³/mol. The van der Waals surface area contributed by atoms with Crippen LogP contribution in [0.15, 0.2) is 18.2 Å². The van der Waals surface area contributed by atoms with Crippen LogP contribution in [0.4, 0.5) is 0 Å². The Kier molecular flexibility index (Phi) is 6.46. The Morgan fingerprint density at radius 1 is 1.43 bits per heavy atom. The monoisotopic (exact) mass is 319 g/mol. The van der Waals surface area contributed by atoms with Crippen molar-refractivity contribution < 1.29 is 14.6 Å². The minimum absolute atomic E-state index is 0.0784. The van der Waals surface area contributed by atoms with Crippen LogP contribution in [0.1, 0.15) is 56.6 Å². The zero-order chi connectivity index (χ0) is 16.8. The molecule has 2 rings (SSSR count). The largest absolute Gasteiger partial charge is 0.497 e. The quantitative estimate of drug-likeness (QED) is 0.812. The van der Waals surface area contributed by atoms with E-state index < -0.39 is 0 Å². The van der Waals surface area contributed by atoms with Crippen molar-refractivity contribution in [2.75, 3.05) is 13.7 Å². The molecule has 4 heteroatoms. The van der Waals surface area contributed by atoms with E-state index in [0.29, 0.717) is 25.3 Å². The first-order valence-corrected chi connectivity index (χ1v) is 8.62. The highest BCUT2D eigenvalue weighted by Gasteiger charge is 2.23. The molecular formula is C19H29NO3. The third-order valence-corrected chi connectivity index (χ3v) is 4.75. The highest BCUT2D eigenvalue weighted by molar-refractivity contribution is 5.77. The van der Waals surface area contributed by atoms with Gasteiger partial charge in [-0.05, 0) is 60.8 Å². The molecule has 1 aromatic rings. The number of ether oxygens (including phenoxy) is 1. The lowest BCUT2D eigenvalue weighted by Crippen LogP contribution is -2.30. The van der Waals surface area contributed by atoms with Crippen molar-refractivity contribution in [2.45, 2.75) is 58.0 Å². The number of fused-ring (bicyclic) bond motifs is 1. The van der Waals surface area contributed by atoms with Crippen molar-refractivity contribution in [1.29, 1.82) is 0 Å². The van der Waals surface area contributed by atoms with Crippen LogP contribution in [0.3, 0.4) is 0 Å². The molecule has 0 saturated heterocycles. The van der Waals surface area contributed by atoms with Gasteiger partial charge in [0.15, 0.2) is 0 Å². The maximum absolute atomic E-state index is 12.2. The number of benzene rings is 1. The molecule has 0 heterocycles. The maximum atomic E-state index is 12.2. The fourth-order valence-electron chi connectivity index (χ4n) is 3.22. The molecule has 0 aliphatic heterocycles. The summed E-state index contributed by atoms with van der Waals surface area (Å²) < 4.78 is 5.29. The normalized spacial score (nSPS) is 18.4. The van der Waals surface area contributed by atoms with Crippen LogP contribution in [-0.2, 0) is 11.2 Å². The van der Waals surface area contributed by atoms with Gasteiger partial charge in [0.25, 0.3) is 0 Å². The number of aliphatic hydroxyl groups is 1. The summed E-state index contributed by atoms with van der Waals surface area (Å²) in [7, 11) is 1.68. The molecule has 128 valence electrons. The number of hydrogen-bond acceptors (Lipinski definition) is 3. The molecule has 4 nitrogen and oxygen atoms in total. The van der Waals surface area contributed by atoms with Crippen LogP contribution in [0.2, 0.25) is 0 Å². The van der Waals surface area contributed by atoms with Gasteiger partial charge < -0.3 is 15.2 Å². The molecule has 0 fully saturated rings. The van der Waals surface area contributed by atoms with Gasteiger partial charge in [0.1, 0.15) is 5.75 Å². The number of hydrogen-bond donors (Lipinski definition) is 2. The maximum Gasteiger partial charge on any atom is 0.220 e. The van der Waals surface area contributed by atoms with Gasteiger partial charge in [-0.2, -0.15) is 0 Å². The molecule has 0 radical (unpaired) electrons. The highest BCUT2D eigenvalue weighted by Crippen LogP contribution is 2.35. The van der Waals surface area contributed by atoms with Gasteiger partial charge in [0.05, 0.1) is 13.2 Å². The first-order valence-electron chi connectivity index (χ1n) is 8.62. The topological polar surface area (TPSA) is 58.6 Å². The lowest BCUT2D eigenvalue weighted by molar-refractivity contribution is -0.121. The van der Waals surface area contributed by atoms with Crippen LogP contribution in [0, 0.1) is 5.92 Å². The molecule has 1 aliphatic rings. The Balaban J connectivity index is 1.88. The molecule has 1 aliphatic carbocycles. The second kappa shape index (κ2) is 8.34. The zero-order valence-corrected chi connectivity index (χ0v) is 14.5. The Morgan fingerprint density at radius 3 is 2.91 bits per heavy atom. The van der Waals surface area contributed by atoms with Gasteiger partial charge in [-0.1, -0.05) is 19.9 Å². The predicted octanol–water partition coefficient (Wildman–Crippen LogP) is 3.03. The summed E-state index contributed by atoms with van der Waals surface area (Å²) in [5, 5.41) is 12.7. The number of carbonyl (C=O) groups is 1. The fraction of sp³-hybridized carbons (Fsp3) is 0.632. The minimum Gasteiger partial charge on any atom is -0.497 e. The first kappa shape index (κ1) is 17.8. The minimum atomic E-state index is -0.349. The number of rotatable bonds is 7. The van der Waals surface area contributed by atoms with E-state index >= 15 is 0 Å². The summed E-state index contributed by atoms with van der Waals surface area (Å²) >= 11 is 0. The SMILES string of the molecule is COc1ccc2c(c1)CCCC2CC(=O)NCCC(O)C(C)C. The molecule has 2 N–H and O–H groups in total. The number of nitrogens with one attached hydrogen (secondary N) is 1. The molecule has 1 amide bonds. The summed E-state index contributed by atoms with van der Waals surface area (Å²) in [6, 6.07) is 6.18. The fourth-order valence-corrected chi connectivity index (χ4v) is 3.22. The average Bonchev–Trinajstić information content (AvgIpc) is 2.54. The van der Waals surface area contributed by atoms with Crippen molar-refractivity contribution >= 4 is 5.91 Å². The molecule has 0 bridgehead atoms. The van der Waals surface area contributed by atoms with Gasteiger partial charge >= 0.3 is 0 Å². The first-order chi connectivity index (χ1) is 11.0. The van der Waals surface area contributed by atoms with E-state index in [4.69, 9.17) is 4.74 Å². The molecule has 2 atom stereocenters. The van der Waals surface area contributed by atoms with Crippen molar-refractivity contribution in [3.8, 4) is 5.75 Å². The van der Waals surface area contributed by atoms with Crippen LogP contribution in [0.25, 0.3) is 0 Å². The summed E-state index contributed by atoms with van der Waals surface area (Å²) in [5.74, 6) is 1.48. The average molecular weight is 319 g/mol. The molecule has 1 aromatic carbocycles. The van der Waals surface area contributed by atoms with Gasteiger partial charge in [-0.3, -0.25) is 4.79 Å². The van der Waals surface area contributed by atoms with Crippen molar-refractivity contribution in [3.05, 3.63) is 29.3 Å². The Bertz CT molecular complexity index is 527. The number of methoxy groups -OCH3 is 1. The summed E-state index contributed by atoms with van der Waals surface area (Å²) in [5.41, 5.74) is 2.60. The number of aliphatic hydroxyl groups excluding tert-OH is 1. The van der Waals surface area contributed by atoms with E-state index in [-0.39, 0.29) is 17.9 Å². The van der Waals surface area contributed by atoms with Crippen molar-refractivity contribution in [2.24, 2.45) is 5.92 Å². The lowest BCUT2D eigenvalue weighted by Gasteiger charge is -2.25. The Labute approximate surface area is 139 Å². The molecular weight excluding hydrogens is 290 g/mol. The molecule has 2 unspecified atom stereocenters. The third kappa shape index (κ3) is 4.96. The molecule has 0 saturated carbocycles. The Hall–Kier alpha value is -1.55. The second-order valence-corrected chi connectivity index (χ2v) is 6.81. The van der Waals surface area contributed by atoms with Gasteiger partial charge in [-0.25, -0.2) is 0 Å².